The SMILES string of the molecule is CCCc1nsc(N2CCC(C)(C(=O)O)CC2)n1. The number of carbonyl (C=O) groups is 1. The lowest BCUT2D eigenvalue weighted by Crippen LogP contribution is -2.42. The van der Waals surface area contributed by atoms with E-state index in [0.29, 0.717) is 12.8 Å². The van der Waals surface area contributed by atoms with Crippen molar-refractivity contribution < 1.29 is 9.90 Å². The molecule has 0 aliphatic carbocycles. The molecule has 0 atom stereocenters. The van der Waals surface area contributed by atoms with E-state index >= 15 is 0 Å². The molecule has 0 saturated carbocycles. The standard InChI is InChI=1S/C12H19N3O2S/c1-3-4-9-13-11(18-14-9)15-7-5-12(2,6-8-15)10(16)17/h3-8H2,1-2H3,(H,16,17). The number of carboxylic acids is 1. The van der Waals surface area contributed by atoms with Crippen LogP contribution in [-0.2, 0) is 11.2 Å². The first-order valence-electron chi connectivity index (χ1n) is 6.36. The summed E-state index contributed by atoms with van der Waals surface area (Å²) in [7, 11) is 0. The summed E-state index contributed by atoms with van der Waals surface area (Å²) in [5.74, 6) is 0.218. The summed E-state index contributed by atoms with van der Waals surface area (Å²) in [6.07, 6.45) is 3.31. The third-order valence-electron chi connectivity index (χ3n) is 3.58. The highest BCUT2D eigenvalue weighted by molar-refractivity contribution is 7.09. The van der Waals surface area contributed by atoms with Gasteiger partial charge < -0.3 is 10.0 Å². The van der Waals surface area contributed by atoms with Crippen molar-refractivity contribution in [3.8, 4) is 0 Å². The number of aromatic nitrogens is 2. The minimum Gasteiger partial charge on any atom is -0.481 e. The Morgan fingerprint density at radius 1 is 1.50 bits per heavy atom. The molecule has 1 aliphatic rings. The maximum absolute atomic E-state index is 11.2. The van der Waals surface area contributed by atoms with Gasteiger partial charge >= 0.3 is 5.97 Å². The van der Waals surface area contributed by atoms with Crippen LogP contribution in [0.5, 0.6) is 0 Å². The molecule has 18 heavy (non-hydrogen) atoms. The molecule has 0 unspecified atom stereocenters. The number of anilines is 1. The first-order chi connectivity index (χ1) is 8.55. The van der Waals surface area contributed by atoms with E-state index in [0.717, 1.165) is 36.9 Å². The Morgan fingerprint density at radius 3 is 2.72 bits per heavy atom. The number of aliphatic carboxylic acids is 1. The van der Waals surface area contributed by atoms with Crippen LogP contribution in [0.15, 0.2) is 0 Å². The Morgan fingerprint density at radius 2 is 2.17 bits per heavy atom. The molecule has 5 nitrogen and oxygen atoms in total. The molecule has 2 rings (SSSR count). The summed E-state index contributed by atoms with van der Waals surface area (Å²) in [5, 5.41) is 10.1. The van der Waals surface area contributed by atoms with Crippen LogP contribution in [0.4, 0.5) is 5.13 Å². The fraction of sp³-hybridized carbons (Fsp3) is 0.750. The molecular weight excluding hydrogens is 250 g/mol. The minimum atomic E-state index is -0.689. The first kappa shape index (κ1) is 13.3. The average Bonchev–Trinajstić information content (AvgIpc) is 2.79. The molecule has 0 aromatic carbocycles. The molecule has 1 fully saturated rings. The number of rotatable bonds is 4. The zero-order chi connectivity index (χ0) is 13.2. The van der Waals surface area contributed by atoms with Gasteiger partial charge in [0.05, 0.1) is 5.41 Å². The lowest BCUT2D eigenvalue weighted by molar-refractivity contribution is -0.149. The molecule has 1 N–H and O–H groups in total. The molecule has 0 spiro atoms. The highest BCUT2D eigenvalue weighted by Gasteiger charge is 2.37. The van der Waals surface area contributed by atoms with E-state index < -0.39 is 11.4 Å². The van der Waals surface area contributed by atoms with Crippen molar-refractivity contribution in [1.82, 2.24) is 9.36 Å². The van der Waals surface area contributed by atoms with Gasteiger partial charge in [0.2, 0.25) is 5.13 Å². The summed E-state index contributed by atoms with van der Waals surface area (Å²) in [6.45, 7) is 5.45. The van der Waals surface area contributed by atoms with Gasteiger partial charge in [-0.25, -0.2) is 4.98 Å². The molecule has 1 aromatic rings. The van der Waals surface area contributed by atoms with Crippen LogP contribution in [0.3, 0.4) is 0 Å². The minimum absolute atomic E-state index is 0.576. The van der Waals surface area contributed by atoms with E-state index in [1.807, 2.05) is 6.92 Å². The van der Waals surface area contributed by atoms with Gasteiger partial charge in [0.25, 0.3) is 0 Å². The predicted molar refractivity (Wildman–Crippen MR) is 71.1 cm³/mol. The second-order valence-electron chi connectivity index (χ2n) is 5.10. The maximum Gasteiger partial charge on any atom is 0.309 e. The van der Waals surface area contributed by atoms with Crippen molar-refractivity contribution in [2.75, 3.05) is 18.0 Å². The molecule has 1 aromatic heterocycles. The lowest BCUT2D eigenvalue weighted by Gasteiger charge is -2.36. The van der Waals surface area contributed by atoms with Crippen LogP contribution >= 0.6 is 11.5 Å². The van der Waals surface area contributed by atoms with Gasteiger partial charge in [0, 0.05) is 31.0 Å². The summed E-state index contributed by atoms with van der Waals surface area (Å²) >= 11 is 1.42. The van der Waals surface area contributed by atoms with Crippen molar-refractivity contribution in [3.05, 3.63) is 5.82 Å². The maximum atomic E-state index is 11.2. The van der Waals surface area contributed by atoms with E-state index in [4.69, 9.17) is 0 Å². The molecule has 2 heterocycles. The number of carboxylic acid groups (broad SMARTS) is 1. The van der Waals surface area contributed by atoms with Gasteiger partial charge in [-0.15, -0.1) is 0 Å². The topological polar surface area (TPSA) is 66.3 Å². The van der Waals surface area contributed by atoms with Gasteiger partial charge in [0.1, 0.15) is 5.82 Å². The molecule has 0 bridgehead atoms. The van der Waals surface area contributed by atoms with Gasteiger partial charge in [-0.2, -0.15) is 4.37 Å². The summed E-state index contributed by atoms with van der Waals surface area (Å²) in [5.41, 5.74) is -0.576. The zero-order valence-corrected chi connectivity index (χ0v) is 11.7. The van der Waals surface area contributed by atoms with Crippen LogP contribution in [0.25, 0.3) is 0 Å². The van der Waals surface area contributed by atoms with Gasteiger partial charge in [-0.3, -0.25) is 4.79 Å². The van der Waals surface area contributed by atoms with E-state index in [9.17, 15) is 9.90 Å². The van der Waals surface area contributed by atoms with Crippen molar-refractivity contribution in [2.45, 2.75) is 39.5 Å². The van der Waals surface area contributed by atoms with E-state index in [1.54, 1.807) is 0 Å². The Balaban J connectivity index is 1.98. The third-order valence-corrected chi connectivity index (χ3v) is 4.40. The van der Waals surface area contributed by atoms with E-state index in [-0.39, 0.29) is 0 Å². The van der Waals surface area contributed by atoms with E-state index in [1.165, 1.54) is 11.5 Å². The largest absolute Gasteiger partial charge is 0.481 e. The molecule has 100 valence electrons. The van der Waals surface area contributed by atoms with Crippen LogP contribution < -0.4 is 4.90 Å². The molecule has 0 radical (unpaired) electrons. The number of hydrogen-bond donors (Lipinski definition) is 1. The summed E-state index contributed by atoms with van der Waals surface area (Å²) in [4.78, 5) is 17.8. The second kappa shape index (κ2) is 5.22. The summed E-state index contributed by atoms with van der Waals surface area (Å²) < 4.78 is 4.33. The van der Waals surface area contributed by atoms with Crippen molar-refractivity contribution in [1.29, 1.82) is 0 Å². The van der Waals surface area contributed by atoms with Gasteiger partial charge in [-0.1, -0.05) is 6.92 Å². The average molecular weight is 269 g/mol. The number of hydrogen-bond acceptors (Lipinski definition) is 5. The quantitative estimate of drug-likeness (QED) is 0.907. The molecular formula is C12H19N3O2S. The van der Waals surface area contributed by atoms with Crippen LogP contribution in [0, 0.1) is 5.41 Å². The Labute approximate surface area is 111 Å². The third kappa shape index (κ3) is 2.63. The smallest absolute Gasteiger partial charge is 0.309 e. The van der Waals surface area contributed by atoms with Gasteiger partial charge in [0.15, 0.2) is 0 Å². The zero-order valence-electron chi connectivity index (χ0n) is 10.8. The fourth-order valence-corrected chi connectivity index (χ4v) is 2.87. The van der Waals surface area contributed by atoms with Crippen LogP contribution in [0.2, 0.25) is 0 Å². The Kier molecular flexibility index (Phi) is 3.85. The van der Waals surface area contributed by atoms with E-state index in [2.05, 4.69) is 21.2 Å². The number of aryl methyl sites for hydroxylation is 1. The fourth-order valence-electron chi connectivity index (χ4n) is 2.10. The lowest BCUT2D eigenvalue weighted by atomic mass is 9.81. The summed E-state index contributed by atoms with van der Waals surface area (Å²) in [6, 6.07) is 0. The van der Waals surface area contributed by atoms with Crippen LogP contribution in [-0.4, -0.2) is 33.5 Å². The molecule has 1 saturated heterocycles. The molecule has 0 amide bonds. The normalized spacial score (nSPS) is 18.9. The number of nitrogens with zero attached hydrogens (tertiary/aromatic N) is 3. The highest BCUT2D eigenvalue weighted by Crippen LogP contribution is 2.33. The van der Waals surface area contributed by atoms with Crippen LogP contribution in [0.1, 0.15) is 38.9 Å². The van der Waals surface area contributed by atoms with Crippen molar-refractivity contribution in [3.63, 3.8) is 0 Å². The monoisotopic (exact) mass is 269 g/mol. The van der Waals surface area contributed by atoms with Gasteiger partial charge in [-0.05, 0) is 26.2 Å². The Hall–Kier alpha value is -1.17. The molecule has 1 aliphatic heterocycles. The molecule has 6 heteroatoms. The Bertz CT molecular complexity index is 425. The second-order valence-corrected chi connectivity index (χ2v) is 5.83. The highest BCUT2D eigenvalue weighted by atomic mass is 32.1. The first-order valence-corrected chi connectivity index (χ1v) is 7.13. The number of piperidine rings is 1. The predicted octanol–water partition coefficient (Wildman–Crippen LogP) is 2.18. The van der Waals surface area contributed by atoms with Crippen molar-refractivity contribution >= 4 is 22.6 Å². The van der Waals surface area contributed by atoms with Crippen molar-refractivity contribution in [2.24, 2.45) is 5.41 Å².